The molecule has 0 spiro atoms. The molecule has 2 heterocycles. The highest BCUT2D eigenvalue weighted by Crippen LogP contribution is 2.13. The Morgan fingerprint density at radius 3 is 2.46 bits per heavy atom. The second-order valence-electron chi connectivity index (χ2n) is 6.78. The maximum absolute atomic E-state index is 12.9. The van der Waals surface area contributed by atoms with E-state index in [9.17, 15) is 9.59 Å². The molecule has 0 aliphatic rings. The summed E-state index contributed by atoms with van der Waals surface area (Å²) in [6.07, 6.45) is 4.32. The second-order valence-corrected chi connectivity index (χ2v) is 7.13. The molecule has 0 saturated carbocycles. The molecule has 3 rings (SSSR count). The van der Waals surface area contributed by atoms with Crippen LogP contribution in [0.4, 0.5) is 0 Å². The summed E-state index contributed by atoms with van der Waals surface area (Å²) < 4.78 is 8.00. The lowest BCUT2D eigenvalue weighted by Crippen LogP contribution is -2.40. The number of unbranched alkanes of at least 4 members (excludes halogenated alkanes) is 2. The van der Waals surface area contributed by atoms with Crippen LogP contribution in [0.15, 0.2) is 33.9 Å². The summed E-state index contributed by atoms with van der Waals surface area (Å²) in [6.45, 7) is 2.96. The molecular formula is C20H25ClN4O3. The quantitative estimate of drug-likeness (QED) is 0.438. The minimum Gasteiger partial charge on any atom is -0.497 e. The molecule has 8 heteroatoms. The first-order valence-electron chi connectivity index (χ1n) is 9.57. The number of hydrogen-bond donors (Lipinski definition) is 1. The van der Waals surface area contributed by atoms with Crippen molar-refractivity contribution in [2.75, 3.05) is 7.11 Å². The first kappa shape index (κ1) is 20.2. The van der Waals surface area contributed by atoms with Crippen LogP contribution >= 0.6 is 11.6 Å². The standard InChI is InChI=1S/C20H25ClN4O3/c1-3-4-5-12-24-17-16(22-19(21)23-17)18(26)25(20(24)27)13-6-7-14-8-10-15(28-2)11-9-14/h8-11H,3-7,12-13H2,1-2H3,(H,22,23). The van der Waals surface area contributed by atoms with Gasteiger partial charge >= 0.3 is 5.69 Å². The number of H-pyrrole nitrogens is 1. The van der Waals surface area contributed by atoms with Crippen LogP contribution in [-0.2, 0) is 19.5 Å². The number of benzene rings is 1. The lowest BCUT2D eigenvalue weighted by Gasteiger charge is -2.11. The van der Waals surface area contributed by atoms with Gasteiger partial charge in [-0.25, -0.2) is 4.79 Å². The van der Waals surface area contributed by atoms with Crippen molar-refractivity contribution in [2.45, 2.75) is 52.1 Å². The highest BCUT2D eigenvalue weighted by Gasteiger charge is 2.16. The Labute approximate surface area is 167 Å². The zero-order valence-corrected chi connectivity index (χ0v) is 17.0. The SMILES string of the molecule is CCCCCn1c(=O)n(CCCc2ccc(OC)cc2)c(=O)c2[nH]c(Cl)nc21. The number of hydrogen-bond acceptors (Lipinski definition) is 4. The van der Waals surface area contributed by atoms with E-state index < -0.39 is 0 Å². The third-order valence-corrected chi connectivity index (χ3v) is 5.00. The molecule has 0 aliphatic carbocycles. The van der Waals surface area contributed by atoms with E-state index in [-0.39, 0.29) is 22.0 Å². The number of aromatic nitrogens is 4. The van der Waals surface area contributed by atoms with E-state index in [0.29, 0.717) is 25.2 Å². The minimum atomic E-state index is -0.374. The topological polar surface area (TPSA) is 81.9 Å². The van der Waals surface area contributed by atoms with Gasteiger partial charge in [-0.15, -0.1) is 0 Å². The van der Waals surface area contributed by atoms with Gasteiger partial charge in [0.05, 0.1) is 7.11 Å². The summed E-state index contributed by atoms with van der Waals surface area (Å²) in [5.74, 6) is 0.802. The van der Waals surface area contributed by atoms with Gasteiger partial charge in [-0.2, -0.15) is 4.98 Å². The number of aromatic amines is 1. The lowest BCUT2D eigenvalue weighted by atomic mass is 10.1. The van der Waals surface area contributed by atoms with Crippen LogP contribution in [0.25, 0.3) is 11.2 Å². The summed E-state index contributed by atoms with van der Waals surface area (Å²) in [6, 6.07) is 7.78. The van der Waals surface area contributed by atoms with Crippen LogP contribution in [0.3, 0.4) is 0 Å². The molecule has 0 aliphatic heterocycles. The number of methoxy groups -OCH3 is 1. The van der Waals surface area contributed by atoms with Gasteiger partial charge in [-0.3, -0.25) is 13.9 Å². The molecule has 0 unspecified atom stereocenters. The Kier molecular flexibility index (Phi) is 6.57. The van der Waals surface area contributed by atoms with E-state index in [1.165, 1.54) is 4.57 Å². The maximum atomic E-state index is 12.9. The first-order chi connectivity index (χ1) is 13.5. The Morgan fingerprint density at radius 1 is 1.07 bits per heavy atom. The highest BCUT2D eigenvalue weighted by atomic mass is 35.5. The molecule has 150 valence electrons. The van der Waals surface area contributed by atoms with Crippen LogP contribution in [0.1, 0.15) is 38.2 Å². The van der Waals surface area contributed by atoms with Crippen LogP contribution in [0.5, 0.6) is 5.75 Å². The molecule has 2 aromatic heterocycles. The van der Waals surface area contributed by atoms with Gasteiger partial charge < -0.3 is 9.72 Å². The van der Waals surface area contributed by atoms with Gasteiger partial charge in [0, 0.05) is 13.1 Å². The largest absolute Gasteiger partial charge is 0.497 e. The van der Waals surface area contributed by atoms with E-state index in [1.807, 2.05) is 24.3 Å². The van der Waals surface area contributed by atoms with E-state index in [0.717, 1.165) is 37.0 Å². The van der Waals surface area contributed by atoms with Crippen molar-refractivity contribution in [2.24, 2.45) is 0 Å². The normalized spacial score (nSPS) is 11.2. The van der Waals surface area contributed by atoms with E-state index in [1.54, 1.807) is 11.7 Å². The third-order valence-electron chi connectivity index (χ3n) is 4.82. The predicted molar refractivity (Wildman–Crippen MR) is 110 cm³/mol. The molecule has 0 amide bonds. The van der Waals surface area contributed by atoms with Gasteiger partial charge in [0.2, 0.25) is 5.28 Å². The average molecular weight is 405 g/mol. The van der Waals surface area contributed by atoms with E-state index in [2.05, 4.69) is 16.9 Å². The average Bonchev–Trinajstić information content (AvgIpc) is 3.09. The smallest absolute Gasteiger partial charge is 0.332 e. The monoisotopic (exact) mass is 404 g/mol. The number of ether oxygens (including phenoxy) is 1. The summed E-state index contributed by atoms with van der Waals surface area (Å²) in [5.41, 5.74) is 1.04. The highest BCUT2D eigenvalue weighted by molar-refractivity contribution is 6.28. The van der Waals surface area contributed by atoms with Gasteiger partial charge in [0.1, 0.15) is 5.75 Å². The molecule has 0 atom stereocenters. The van der Waals surface area contributed by atoms with Crippen molar-refractivity contribution in [1.29, 1.82) is 0 Å². The predicted octanol–water partition coefficient (Wildman–Crippen LogP) is 3.37. The molecule has 28 heavy (non-hydrogen) atoms. The van der Waals surface area contributed by atoms with Crippen LogP contribution in [0, 0.1) is 0 Å². The molecule has 0 fully saturated rings. The number of imidazole rings is 1. The summed E-state index contributed by atoms with van der Waals surface area (Å²) in [7, 11) is 1.63. The fraction of sp³-hybridized carbons (Fsp3) is 0.450. The molecule has 1 aromatic carbocycles. The van der Waals surface area contributed by atoms with Gasteiger partial charge in [-0.05, 0) is 48.6 Å². The van der Waals surface area contributed by atoms with Gasteiger partial charge in [0.25, 0.3) is 5.56 Å². The molecule has 1 N–H and O–H groups in total. The van der Waals surface area contributed by atoms with Crippen molar-refractivity contribution in [3.05, 3.63) is 56.0 Å². The number of halogens is 1. The summed E-state index contributed by atoms with van der Waals surface area (Å²) >= 11 is 5.96. The van der Waals surface area contributed by atoms with Crippen LogP contribution < -0.4 is 16.0 Å². The lowest BCUT2D eigenvalue weighted by molar-refractivity contribution is 0.414. The molecule has 0 saturated heterocycles. The molecule has 7 nitrogen and oxygen atoms in total. The summed E-state index contributed by atoms with van der Waals surface area (Å²) in [5, 5.41) is 0.117. The van der Waals surface area contributed by atoms with Crippen molar-refractivity contribution in [3.8, 4) is 5.75 Å². The molecular weight excluding hydrogens is 380 g/mol. The Morgan fingerprint density at radius 2 is 1.79 bits per heavy atom. The van der Waals surface area contributed by atoms with Gasteiger partial charge in [0.15, 0.2) is 11.2 Å². The maximum Gasteiger partial charge on any atom is 0.332 e. The number of nitrogens with zero attached hydrogens (tertiary/aromatic N) is 3. The van der Waals surface area contributed by atoms with Crippen LogP contribution in [0.2, 0.25) is 5.28 Å². The molecule has 0 radical (unpaired) electrons. The third kappa shape index (κ3) is 4.30. The fourth-order valence-electron chi connectivity index (χ4n) is 3.29. The Balaban J connectivity index is 1.84. The number of fused-ring (bicyclic) bond motifs is 1. The van der Waals surface area contributed by atoms with Crippen molar-refractivity contribution in [1.82, 2.24) is 19.1 Å². The zero-order valence-electron chi connectivity index (χ0n) is 16.2. The second kappa shape index (κ2) is 9.10. The van der Waals surface area contributed by atoms with E-state index >= 15 is 0 Å². The van der Waals surface area contributed by atoms with Crippen LogP contribution in [-0.4, -0.2) is 26.2 Å². The zero-order chi connectivity index (χ0) is 20.1. The first-order valence-corrected chi connectivity index (χ1v) is 9.94. The number of aryl methyl sites for hydroxylation is 2. The number of rotatable bonds is 9. The van der Waals surface area contributed by atoms with Crippen molar-refractivity contribution >= 4 is 22.8 Å². The molecule has 0 bridgehead atoms. The van der Waals surface area contributed by atoms with Gasteiger partial charge in [-0.1, -0.05) is 31.9 Å². The van der Waals surface area contributed by atoms with Crippen molar-refractivity contribution in [3.63, 3.8) is 0 Å². The number of nitrogens with one attached hydrogen (secondary N) is 1. The minimum absolute atomic E-state index is 0.117. The van der Waals surface area contributed by atoms with Crippen molar-refractivity contribution < 1.29 is 4.74 Å². The van der Waals surface area contributed by atoms with E-state index in [4.69, 9.17) is 16.3 Å². The Hall–Kier alpha value is -2.54. The Bertz CT molecular complexity index is 1050. The fourth-order valence-corrected chi connectivity index (χ4v) is 3.47. The summed E-state index contributed by atoms with van der Waals surface area (Å²) in [4.78, 5) is 32.7. The molecule has 3 aromatic rings.